The number of hydrogen-bond acceptors (Lipinski definition) is 8. The van der Waals surface area contributed by atoms with Gasteiger partial charge in [0, 0.05) is 42.4 Å². The van der Waals surface area contributed by atoms with E-state index in [0.29, 0.717) is 16.4 Å². The topological polar surface area (TPSA) is 120 Å². The Labute approximate surface area is 175 Å². The molecular formula is C20H20N8OS. The number of pyridine rings is 1. The van der Waals surface area contributed by atoms with Gasteiger partial charge in [0.1, 0.15) is 5.01 Å². The molecule has 4 aromatic heterocycles. The molecule has 9 nitrogen and oxygen atoms in total. The van der Waals surface area contributed by atoms with Crippen LogP contribution in [0.1, 0.15) is 29.4 Å². The number of aryl methyl sites for hydroxylation is 1. The van der Waals surface area contributed by atoms with Crippen LogP contribution in [0, 0.1) is 0 Å². The fourth-order valence-electron chi connectivity index (χ4n) is 3.33. The molecule has 10 heteroatoms. The average Bonchev–Trinajstić information content (AvgIpc) is 3.44. The van der Waals surface area contributed by atoms with Crippen molar-refractivity contribution in [3.8, 4) is 11.1 Å². The highest BCUT2D eigenvalue weighted by Gasteiger charge is 2.20. The van der Waals surface area contributed by atoms with Gasteiger partial charge in [-0.05, 0) is 30.7 Å². The lowest BCUT2D eigenvalue weighted by molar-refractivity contribution is 0.163. The van der Waals surface area contributed by atoms with Crippen LogP contribution in [-0.4, -0.2) is 45.8 Å². The van der Waals surface area contributed by atoms with Crippen molar-refractivity contribution in [3.63, 3.8) is 0 Å². The van der Waals surface area contributed by atoms with E-state index < -0.39 is 12.1 Å². The normalized spacial score (nSPS) is 13.9. The van der Waals surface area contributed by atoms with Crippen LogP contribution in [0.25, 0.3) is 27.0 Å². The van der Waals surface area contributed by atoms with Gasteiger partial charge in [-0.25, -0.2) is 0 Å². The summed E-state index contributed by atoms with van der Waals surface area (Å²) in [5, 5.41) is 28.6. The first kappa shape index (κ1) is 18.8. The second-order valence-electron chi connectivity index (χ2n) is 7.35. The third kappa shape index (κ3) is 3.34. The number of aromatic nitrogens is 7. The first-order valence-corrected chi connectivity index (χ1v) is 10.3. The summed E-state index contributed by atoms with van der Waals surface area (Å²) in [6, 6.07) is 7.73. The molecule has 0 fully saturated rings. The van der Waals surface area contributed by atoms with Gasteiger partial charge in [-0.3, -0.25) is 9.67 Å². The molecule has 30 heavy (non-hydrogen) atoms. The molecule has 0 aliphatic rings. The smallest absolute Gasteiger partial charge is 0.234 e. The summed E-state index contributed by atoms with van der Waals surface area (Å²) in [5.41, 5.74) is 10.1. The van der Waals surface area contributed by atoms with Crippen molar-refractivity contribution in [1.82, 2.24) is 34.6 Å². The van der Waals surface area contributed by atoms with E-state index in [0.717, 1.165) is 33.4 Å². The molecule has 0 spiro atoms. The Morgan fingerprint density at radius 3 is 2.80 bits per heavy atom. The molecule has 4 heterocycles. The standard InChI is InChI=1S/C20H20N8OS/c1-11(29)18(21)19-26-28-17(24-25-20(28)30-19)6-12-3-4-16-13(5-12)7-14(8-22-16)15-9-23-27(2)10-15/h3-5,7-11,18,29H,6,21H2,1-2H3/t11-,18?/m1/s1. The SMILES string of the molecule is C[C@@H](O)C(N)c1nn2c(Cc3ccc4ncc(-c5cnn(C)c5)cc4c3)nnc2s1. The molecule has 1 unspecified atom stereocenters. The van der Waals surface area contributed by atoms with Gasteiger partial charge in [-0.2, -0.15) is 14.7 Å². The molecule has 5 rings (SSSR count). The van der Waals surface area contributed by atoms with E-state index in [1.54, 1.807) is 16.1 Å². The van der Waals surface area contributed by atoms with E-state index >= 15 is 0 Å². The molecule has 0 aliphatic carbocycles. The summed E-state index contributed by atoms with van der Waals surface area (Å²) in [4.78, 5) is 5.24. The molecule has 152 valence electrons. The number of nitrogens with two attached hydrogens (primary N) is 1. The second-order valence-corrected chi connectivity index (χ2v) is 8.34. The van der Waals surface area contributed by atoms with E-state index in [2.05, 4.69) is 37.5 Å². The van der Waals surface area contributed by atoms with Crippen molar-refractivity contribution in [2.45, 2.75) is 25.5 Å². The largest absolute Gasteiger partial charge is 0.391 e. The zero-order valence-corrected chi connectivity index (χ0v) is 17.3. The van der Waals surface area contributed by atoms with Crippen molar-refractivity contribution in [2.24, 2.45) is 12.8 Å². The van der Waals surface area contributed by atoms with Crippen LogP contribution < -0.4 is 5.73 Å². The quantitative estimate of drug-likeness (QED) is 0.447. The lowest BCUT2D eigenvalue weighted by Gasteiger charge is -2.09. The van der Waals surface area contributed by atoms with Gasteiger partial charge >= 0.3 is 0 Å². The Bertz CT molecular complexity index is 1350. The zero-order chi connectivity index (χ0) is 20.8. The Morgan fingerprint density at radius 2 is 2.03 bits per heavy atom. The predicted octanol–water partition coefficient (Wildman–Crippen LogP) is 2.11. The van der Waals surface area contributed by atoms with E-state index in [9.17, 15) is 5.11 Å². The van der Waals surface area contributed by atoms with E-state index in [-0.39, 0.29) is 0 Å². The Kier molecular flexibility index (Phi) is 4.54. The zero-order valence-electron chi connectivity index (χ0n) is 16.5. The molecule has 0 radical (unpaired) electrons. The van der Waals surface area contributed by atoms with Crippen molar-refractivity contribution in [3.05, 3.63) is 59.3 Å². The first-order chi connectivity index (χ1) is 14.5. The van der Waals surface area contributed by atoms with Crippen LogP contribution in [-0.2, 0) is 13.5 Å². The van der Waals surface area contributed by atoms with Crippen LogP contribution in [0.3, 0.4) is 0 Å². The fourth-order valence-corrected chi connectivity index (χ4v) is 4.28. The van der Waals surface area contributed by atoms with Crippen LogP contribution in [0.5, 0.6) is 0 Å². The Morgan fingerprint density at radius 1 is 1.17 bits per heavy atom. The van der Waals surface area contributed by atoms with E-state index in [1.807, 2.05) is 37.8 Å². The van der Waals surface area contributed by atoms with Crippen LogP contribution >= 0.6 is 11.3 Å². The fraction of sp³-hybridized carbons (Fsp3) is 0.250. The minimum absolute atomic E-state index is 0.540. The van der Waals surface area contributed by atoms with Gasteiger partial charge in [0.15, 0.2) is 5.82 Å². The highest BCUT2D eigenvalue weighted by atomic mass is 32.1. The Balaban J connectivity index is 1.47. The van der Waals surface area contributed by atoms with Crippen molar-refractivity contribution in [2.75, 3.05) is 0 Å². The van der Waals surface area contributed by atoms with Crippen LogP contribution in [0.15, 0.2) is 42.9 Å². The number of hydrogen-bond donors (Lipinski definition) is 2. The number of nitrogens with zero attached hydrogens (tertiary/aromatic N) is 7. The predicted molar refractivity (Wildman–Crippen MR) is 114 cm³/mol. The number of fused-ring (bicyclic) bond motifs is 2. The number of rotatable bonds is 5. The average molecular weight is 421 g/mol. The lowest BCUT2D eigenvalue weighted by Crippen LogP contribution is -2.23. The summed E-state index contributed by atoms with van der Waals surface area (Å²) in [7, 11) is 1.90. The monoisotopic (exact) mass is 420 g/mol. The molecule has 0 saturated heterocycles. The summed E-state index contributed by atoms with van der Waals surface area (Å²) >= 11 is 1.34. The minimum Gasteiger partial charge on any atom is -0.391 e. The summed E-state index contributed by atoms with van der Waals surface area (Å²) < 4.78 is 3.48. The van der Waals surface area contributed by atoms with Gasteiger partial charge in [0.2, 0.25) is 4.96 Å². The second kappa shape index (κ2) is 7.24. The minimum atomic E-state index is -0.681. The summed E-state index contributed by atoms with van der Waals surface area (Å²) in [6.45, 7) is 1.65. The Hall–Kier alpha value is -3.21. The summed E-state index contributed by atoms with van der Waals surface area (Å²) in [5.74, 6) is 0.723. The molecule has 2 atom stereocenters. The molecule has 0 bridgehead atoms. The highest BCUT2D eigenvalue weighted by molar-refractivity contribution is 7.16. The third-order valence-electron chi connectivity index (χ3n) is 5.02. The molecule has 1 aromatic carbocycles. The van der Waals surface area contributed by atoms with E-state index in [4.69, 9.17) is 5.73 Å². The summed E-state index contributed by atoms with van der Waals surface area (Å²) in [6.07, 6.45) is 5.55. The van der Waals surface area contributed by atoms with Crippen molar-refractivity contribution >= 4 is 27.2 Å². The van der Waals surface area contributed by atoms with Crippen LogP contribution in [0.2, 0.25) is 0 Å². The van der Waals surface area contributed by atoms with Crippen LogP contribution in [0.4, 0.5) is 0 Å². The van der Waals surface area contributed by atoms with Gasteiger partial charge in [0.25, 0.3) is 0 Å². The maximum atomic E-state index is 9.73. The van der Waals surface area contributed by atoms with Crippen molar-refractivity contribution < 1.29 is 5.11 Å². The molecule has 3 N–H and O–H groups in total. The molecule has 0 amide bonds. The highest BCUT2D eigenvalue weighted by Crippen LogP contribution is 2.25. The number of aliphatic hydroxyl groups is 1. The van der Waals surface area contributed by atoms with Gasteiger partial charge < -0.3 is 10.8 Å². The molecule has 0 saturated carbocycles. The first-order valence-electron chi connectivity index (χ1n) is 9.50. The molecule has 5 aromatic rings. The maximum Gasteiger partial charge on any atom is 0.234 e. The van der Waals surface area contributed by atoms with Gasteiger partial charge in [-0.1, -0.05) is 17.4 Å². The van der Waals surface area contributed by atoms with Gasteiger partial charge in [0.05, 0.1) is 23.9 Å². The van der Waals surface area contributed by atoms with Crippen molar-refractivity contribution in [1.29, 1.82) is 0 Å². The molecule has 0 aliphatic heterocycles. The molecular weight excluding hydrogens is 400 g/mol. The third-order valence-corrected chi connectivity index (χ3v) is 6.02. The van der Waals surface area contributed by atoms with Gasteiger partial charge in [-0.15, -0.1) is 10.2 Å². The number of aliphatic hydroxyl groups excluding tert-OH is 1. The maximum absolute atomic E-state index is 9.73. The number of benzene rings is 1. The lowest BCUT2D eigenvalue weighted by atomic mass is 10.0. The van der Waals surface area contributed by atoms with E-state index in [1.165, 1.54) is 11.3 Å².